The number of nitrogens with one attached hydrogen (secondary N) is 1. The quantitative estimate of drug-likeness (QED) is 0.415. The molecule has 1 fully saturated rings. The maximum absolute atomic E-state index is 13.0. The third-order valence-electron chi connectivity index (χ3n) is 5.24. The highest BCUT2D eigenvalue weighted by Crippen LogP contribution is 2.32. The summed E-state index contributed by atoms with van der Waals surface area (Å²) in [6, 6.07) is 8.65. The summed E-state index contributed by atoms with van der Waals surface area (Å²) in [4.78, 5) is 11.7. The Morgan fingerprint density at radius 2 is 1.59 bits per heavy atom. The summed E-state index contributed by atoms with van der Waals surface area (Å²) >= 11 is 0. The molecule has 15 heteroatoms. The Balaban J connectivity index is 1.66. The standard InChI is InChI=1S/C22H19F6N5O3S/c23-21(24,25)13-36-20-31-18(14-6-8-17(9-7-14)37(34,35)33-10-1-2-11-33)30-19(32-20)29-16-5-3-4-15(12-16)22(26,27)28/h3-9,12H,1-2,10-11,13H2,(H,29,30,31,32). The molecule has 1 saturated heterocycles. The molecule has 3 aromatic rings. The number of hydrogen-bond donors (Lipinski definition) is 1. The van der Waals surface area contributed by atoms with Crippen LogP contribution in [0.25, 0.3) is 11.4 Å². The maximum Gasteiger partial charge on any atom is 0.422 e. The van der Waals surface area contributed by atoms with Crippen LogP contribution in [0, 0.1) is 0 Å². The molecule has 0 amide bonds. The summed E-state index contributed by atoms with van der Waals surface area (Å²) in [6.07, 6.45) is -7.82. The molecule has 0 bridgehead atoms. The molecule has 1 aromatic heterocycles. The molecule has 1 aliphatic heterocycles. The Bertz CT molecular complexity index is 1360. The van der Waals surface area contributed by atoms with Crippen molar-refractivity contribution in [1.29, 1.82) is 0 Å². The molecule has 198 valence electrons. The van der Waals surface area contributed by atoms with Crippen molar-refractivity contribution in [2.45, 2.75) is 30.1 Å². The fraction of sp³-hybridized carbons (Fsp3) is 0.318. The number of alkyl halides is 6. The molecule has 2 aromatic carbocycles. The molecule has 37 heavy (non-hydrogen) atoms. The minimum atomic E-state index is -4.70. The summed E-state index contributed by atoms with van der Waals surface area (Å²) in [5, 5.41) is 2.51. The van der Waals surface area contributed by atoms with Crippen molar-refractivity contribution in [2.24, 2.45) is 0 Å². The van der Waals surface area contributed by atoms with Gasteiger partial charge in [-0.15, -0.1) is 0 Å². The normalized spacial score (nSPS) is 15.1. The first kappa shape index (κ1) is 26.6. The fourth-order valence-electron chi connectivity index (χ4n) is 3.51. The monoisotopic (exact) mass is 547 g/mol. The summed E-state index contributed by atoms with van der Waals surface area (Å²) in [6.45, 7) is -0.906. The van der Waals surface area contributed by atoms with Gasteiger partial charge in [-0.05, 0) is 55.3 Å². The van der Waals surface area contributed by atoms with Gasteiger partial charge in [-0.25, -0.2) is 8.42 Å². The van der Waals surface area contributed by atoms with Crippen LogP contribution in [0.5, 0.6) is 6.01 Å². The van der Waals surface area contributed by atoms with Gasteiger partial charge in [0.1, 0.15) is 0 Å². The summed E-state index contributed by atoms with van der Waals surface area (Å²) in [5.74, 6) is -0.568. The predicted molar refractivity (Wildman–Crippen MR) is 120 cm³/mol. The van der Waals surface area contributed by atoms with E-state index in [1.54, 1.807) is 0 Å². The van der Waals surface area contributed by atoms with Crippen LogP contribution in [-0.4, -0.2) is 53.5 Å². The van der Waals surface area contributed by atoms with Gasteiger partial charge in [0.2, 0.25) is 16.0 Å². The molecule has 2 heterocycles. The molecule has 0 unspecified atom stereocenters. The largest absolute Gasteiger partial charge is 0.454 e. The van der Waals surface area contributed by atoms with Gasteiger partial charge in [0.25, 0.3) is 0 Å². The van der Waals surface area contributed by atoms with Crippen LogP contribution in [0.15, 0.2) is 53.4 Å². The van der Waals surface area contributed by atoms with Crippen molar-refractivity contribution in [3.05, 3.63) is 54.1 Å². The number of halogens is 6. The van der Waals surface area contributed by atoms with Gasteiger partial charge in [0, 0.05) is 24.3 Å². The molecule has 4 rings (SSSR count). The van der Waals surface area contributed by atoms with Crippen LogP contribution in [0.1, 0.15) is 18.4 Å². The number of nitrogens with zero attached hydrogens (tertiary/aromatic N) is 4. The van der Waals surface area contributed by atoms with E-state index in [4.69, 9.17) is 0 Å². The zero-order valence-corrected chi connectivity index (χ0v) is 19.7. The Labute approximate surface area is 207 Å². The van der Waals surface area contributed by atoms with Crippen LogP contribution >= 0.6 is 0 Å². The minimum Gasteiger partial charge on any atom is -0.454 e. The highest BCUT2D eigenvalue weighted by atomic mass is 32.2. The first-order valence-corrected chi connectivity index (χ1v) is 12.3. The lowest BCUT2D eigenvalue weighted by molar-refractivity contribution is -0.154. The first-order chi connectivity index (χ1) is 17.3. The second-order valence-corrected chi connectivity index (χ2v) is 9.95. The van der Waals surface area contributed by atoms with Crippen molar-refractivity contribution in [1.82, 2.24) is 19.3 Å². The average molecular weight is 547 g/mol. The topological polar surface area (TPSA) is 97.3 Å². The Morgan fingerprint density at radius 3 is 2.22 bits per heavy atom. The SMILES string of the molecule is O=S(=O)(c1ccc(-c2nc(Nc3cccc(C(F)(F)F)c3)nc(OCC(F)(F)F)n2)cc1)N1CCCC1. The molecular formula is C22H19F6N5O3S. The van der Waals surface area contributed by atoms with Crippen LogP contribution in [-0.2, 0) is 16.2 Å². The van der Waals surface area contributed by atoms with E-state index in [2.05, 4.69) is 25.0 Å². The van der Waals surface area contributed by atoms with E-state index in [0.717, 1.165) is 31.0 Å². The van der Waals surface area contributed by atoms with E-state index in [-0.39, 0.29) is 27.9 Å². The second-order valence-electron chi connectivity index (χ2n) is 8.01. The van der Waals surface area contributed by atoms with Crippen molar-refractivity contribution >= 4 is 21.7 Å². The molecule has 0 saturated carbocycles. The Morgan fingerprint density at radius 1 is 0.919 bits per heavy atom. The zero-order valence-electron chi connectivity index (χ0n) is 18.8. The van der Waals surface area contributed by atoms with Gasteiger partial charge in [0.05, 0.1) is 10.5 Å². The number of sulfonamides is 1. The smallest absolute Gasteiger partial charge is 0.422 e. The van der Waals surface area contributed by atoms with Gasteiger partial charge in [-0.3, -0.25) is 0 Å². The Kier molecular flexibility index (Phi) is 7.28. The lowest BCUT2D eigenvalue weighted by Crippen LogP contribution is -2.27. The molecule has 0 radical (unpaired) electrons. The second kappa shape index (κ2) is 10.1. The maximum atomic E-state index is 13.0. The molecule has 8 nitrogen and oxygen atoms in total. The number of ether oxygens (including phenoxy) is 1. The molecule has 0 atom stereocenters. The third kappa shape index (κ3) is 6.65. The van der Waals surface area contributed by atoms with Crippen LogP contribution in [0.4, 0.5) is 38.0 Å². The van der Waals surface area contributed by atoms with E-state index < -0.39 is 40.6 Å². The fourth-order valence-corrected chi connectivity index (χ4v) is 5.03. The van der Waals surface area contributed by atoms with Crippen molar-refractivity contribution in [3.63, 3.8) is 0 Å². The third-order valence-corrected chi connectivity index (χ3v) is 7.15. The summed E-state index contributed by atoms with van der Waals surface area (Å²) in [7, 11) is -3.71. The lowest BCUT2D eigenvalue weighted by Gasteiger charge is -2.15. The highest BCUT2D eigenvalue weighted by molar-refractivity contribution is 7.89. The van der Waals surface area contributed by atoms with Crippen LogP contribution < -0.4 is 10.1 Å². The molecular weight excluding hydrogens is 528 g/mol. The lowest BCUT2D eigenvalue weighted by atomic mass is 10.2. The molecule has 1 N–H and O–H groups in total. The van der Waals surface area contributed by atoms with E-state index >= 15 is 0 Å². The summed E-state index contributed by atoms with van der Waals surface area (Å²) < 4.78 is 109. The van der Waals surface area contributed by atoms with Crippen LogP contribution in [0.2, 0.25) is 0 Å². The first-order valence-electron chi connectivity index (χ1n) is 10.8. The molecule has 1 aliphatic rings. The van der Waals surface area contributed by atoms with E-state index in [0.29, 0.717) is 13.1 Å². The number of hydrogen-bond acceptors (Lipinski definition) is 7. The van der Waals surface area contributed by atoms with Crippen molar-refractivity contribution in [2.75, 3.05) is 25.0 Å². The van der Waals surface area contributed by atoms with E-state index in [9.17, 15) is 34.8 Å². The Hall–Kier alpha value is -3.46. The number of rotatable bonds is 7. The van der Waals surface area contributed by atoms with Gasteiger partial charge in [-0.2, -0.15) is 45.6 Å². The predicted octanol–water partition coefficient (Wildman–Crippen LogP) is 5.03. The van der Waals surface area contributed by atoms with Crippen LogP contribution in [0.3, 0.4) is 0 Å². The van der Waals surface area contributed by atoms with E-state index in [1.807, 2.05) is 0 Å². The van der Waals surface area contributed by atoms with Gasteiger partial charge >= 0.3 is 18.4 Å². The van der Waals surface area contributed by atoms with Gasteiger partial charge < -0.3 is 10.1 Å². The van der Waals surface area contributed by atoms with Crippen molar-refractivity contribution in [3.8, 4) is 17.4 Å². The number of anilines is 2. The summed E-state index contributed by atoms with van der Waals surface area (Å²) in [5.41, 5.74) is -0.831. The molecule has 0 spiro atoms. The van der Waals surface area contributed by atoms with Crippen molar-refractivity contribution < 1.29 is 39.5 Å². The highest BCUT2D eigenvalue weighted by Gasteiger charge is 2.31. The molecule has 0 aliphatic carbocycles. The average Bonchev–Trinajstić information content (AvgIpc) is 3.38. The number of benzene rings is 2. The number of aromatic nitrogens is 3. The zero-order chi connectivity index (χ0) is 26.8. The van der Waals surface area contributed by atoms with Gasteiger partial charge in [-0.1, -0.05) is 6.07 Å². The van der Waals surface area contributed by atoms with E-state index in [1.165, 1.54) is 34.6 Å². The van der Waals surface area contributed by atoms with Gasteiger partial charge in [0.15, 0.2) is 12.4 Å². The minimum absolute atomic E-state index is 0.0167.